The average Bonchev–Trinajstić information content (AvgIpc) is 2.69. The minimum Gasteiger partial charge on any atom is -0.493 e. The van der Waals surface area contributed by atoms with Gasteiger partial charge in [-0.3, -0.25) is 0 Å². The van der Waals surface area contributed by atoms with Gasteiger partial charge < -0.3 is 25.2 Å². The van der Waals surface area contributed by atoms with Gasteiger partial charge in [0, 0.05) is 13.1 Å². The largest absolute Gasteiger partial charge is 0.493 e. The van der Waals surface area contributed by atoms with Crippen LogP contribution in [0.2, 0.25) is 0 Å². The predicted octanol–water partition coefficient (Wildman–Crippen LogP) is 3.26. The first kappa shape index (κ1) is 21.4. The summed E-state index contributed by atoms with van der Waals surface area (Å²) in [5.41, 5.74) is 0.244. The third-order valence-electron chi connectivity index (χ3n) is 3.98. The van der Waals surface area contributed by atoms with Crippen molar-refractivity contribution in [3.63, 3.8) is 0 Å². The molecule has 0 saturated carbocycles. The highest BCUT2D eigenvalue weighted by Crippen LogP contribution is 2.30. The number of halogens is 3. The molecule has 0 saturated heterocycles. The van der Waals surface area contributed by atoms with Crippen molar-refractivity contribution in [2.45, 2.75) is 18.8 Å². The Labute approximate surface area is 160 Å². The van der Waals surface area contributed by atoms with Crippen molar-refractivity contribution in [3.05, 3.63) is 59.2 Å². The topological polar surface area (TPSA) is 79.8 Å². The van der Waals surface area contributed by atoms with E-state index in [9.17, 15) is 23.1 Å². The van der Waals surface area contributed by atoms with Gasteiger partial charge in [-0.05, 0) is 35.4 Å². The number of amides is 2. The number of methoxy groups -OCH3 is 2. The van der Waals surface area contributed by atoms with Crippen molar-refractivity contribution < 1.29 is 32.5 Å². The maximum atomic E-state index is 12.5. The van der Waals surface area contributed by atoms with Crippen molar-refractivity contribution in [2.24, 2.45) is 0 Å². The number of hydrogen-bond acceptors (Lipinski definition) is 4. The molecular formula is C19H21F3N2O4. The fourth-order valence-corrected chi connectivity index (χ4v) is 2.44. The van der Waals surface area contributed by atoms with Crippen molar-refractivity contribution in [1.82, 2.24) is 10.6 Å². The van der Waals surface area contributed by atoms with Gasteiger partial charge in [0.15, 0.2) is 11.5 Å². The molecule has 0 spiro atoms. The van der Waals surface area contributed by atoms with Gasteiger partial charge in [-0.2, -0.15) is 13.2 Å². The lowest BCUT2D eigenvalue weighted by Crippen LogP contribution is -2.37. The van der Waals surface area contributed by atoms with E-state index in [2.05, 4.69) is 10.6 Å². The molecule has 0 aliphatic heterocycles. The fraction of sp³-hybridized carbons (Fsp3) is 0.316. The van der Waals surface area contributed by atoms with Crippen LogP contribution in [0.25, 0.3) is 0 Å². The highest BCUT2D eigenvalue weighted by atomic mass is 19.4. The zero-order valence-electron chi connectivity index (χ0n) is 15.3. The Balaban J connectivity index is 1.83. The molecule has 0 aliphatic carbocycles. The highest BCUT2D eigenvalue weighted by molar-refractivity contribution is 5.73. The van der Waals surface area contributed by atoms with Gasteiger partial charge in [-0.15, -0.1) is 0 Å². The first-order chi connectivity index (χ1) is 13.2. The molecule has 1 atom stereocenters. The number of hydrogen-bond donors (Lipinski definition) is 3. The molecule has 9 heteroatoms. The van der Waals surface area contributed by atoms with Crippen LogP contribution in [0.4, 0.5) is 18.0 Å². The lowest BCUT2D eigenvalue weighted by atomic mass is 10.1. The van der Waals surface area contributed by atoms with Gasteiger partial charge in [0.05, 0.1) is 25.9 Å². The summed E-state index contributed by atoms with van der Waals surface area (Å²) in [6.45, 7) is 0.0612. The number of urea groups is 1. The molecule has 0 bridgehead atoms. The van der Waals surface area contributed by atoms with Crippen LogP contribution in [0.3, 0.4) is 0 Å². The molecule has 2 aromatic rings. The number of carbonyl (C=O) groups is 1. The Kier molecular flexibility index (Phi) is 7.11. The summed E-state index contributed by atoms with van der Waals surface area (Å²) in [6.07, 6.45) is -5.57. The molecule has 0 aliphatic rings. The second-order valence-electron chi connectivity index (χ2n) is 5.89. The van der Waals surface area contributed by atoms with Gasteiger partial charge in [-0.1, -0.05) is 18.2 Å². The maximum absolute atomic E-state index is 12.5. The first-order valence-electron chi connectivity index (χ1n) is 8.32. The summed E-state index contributed by atoms with van der Waals surface area (Å²) in [5.74, 6) is 1.09. The molecule has 0 heterocycles. The normalized spacial score (nSPS) is 12.2. The second kappa shape index (κ2) is 9.32. The van der Waals surface area contributed by atoms with E-state index in [1.807, 2.05) is 0 Å². The molecule has 0 unspecified atom stereocenters. The van der Waals surface area contributed by atoms with E-state index in [1.54, 1.807) is 18.2 Å². The van der Waals surface area contributed by atoms with E-state index in [4.69, 9.17) is 9.47 Å². The average molecular weight is 398 g/mol. The van der Waals surface area contributed by atoms with Gasteiger partial charge in [-0.25, -0.2) is 4.79 Å². The van der Waals surface area contributed by atoms with Crippen molar-refractivity contribution >= 4 is 6.03 Å². The third kappa shape index (κ3) is 5.78. The molecule has 2 aromatic carbocycles. The summed E-state index contributed by atoms with van der Waals surface area (Å²) in [5, 5.41) is 15.1. The molecular weight excluding hydrogens is 377 g/mol. The van der Waals surface area contributed by atoms with Crippen LogP contribution in [-0.2, 0) is 12.7 Å². The standard InChI is InChI=1S/C19H21F3N2O4/c1-27-16-8-3-12(9-17(16)28-2)10-23-18(26)24-11-15(25)13-4-6-14(7-5-13)19(20,21)22/h3-9,15,25H,10-11H2,1-2H3,(H2,23,24,26)/t15-/m1/s1. The van der Waals surface area contributed by atoms with Crippen LogP contribution in [0, 0.1) is 0 Å². The van der Waals surface area contributed by atoms with E-state index < -0.39 is 23.9 Å². The van der Waals surface area contributed by atoms with Crippen LogP contribution < -0.4 is 20.1 Å². The molecule has 152 valence electrons. The highest BCUT2D eigenvalue weighted by Gasteiger charge is 2.30. The number of aliphatic hydroxyl groups excluding tert-OH is 1. The molecule has 2 rings (SSSR count). The molecule has 0 aromatic heterocycles. The summed E-state index contributed by atoms with van der Waals surface area (Å²) in [6, 6.07) is 8.79. The SMILES string of the molecule is COc1ccc(CNC(=O)NC[C@@H](O)c2ccc(C(F)(F)F)cc2)cc1OC. The van der Waals surface area contributed by atoms with Crippen LogP contribution in [0.5, 0.6) is 11.5 Å². The zero-order valence-corrected chi connectivity index (χ0v) is 15.3. The van der Waals surface area contributed by atoms with Crippen LogP contribution in [-0.4, -0.2) is 31.9 Å². The summed E-state index contributed by atoms with van der Waals surface area (Å²) in [7, 11) is 3.02. The van der Waals surface area contributed by atoms with Crippen molar-refractivity contribution in [1.29, 1.82) is 0 Å². The van der Waals surface area contributed by atoms with E-state index in [-0.39, 0.29) is 18.7 Å². The van der Waals surface area contributed by atoms with Gasteiger partial charge in [0.1, 0.15) is 0 Å². The van der Waals surface area contributed by atoms with E-state index >= 15 is 0 Å². The quantitative estimate of drug-likeness (QED) is 0.669. The summed E-state index contributed by atoms with van der Waals surface area (Å²) >= 11 is 0. The first-order valence-corrected chi connectivity index (χ1v) is 8.32. The molecule has 6 nitrogen and oxygen atoms in total. The Hall–Kier alpha value is -2.94. The minimum absolute atomic E-state index is 0.150. The van der Waals surface area contributed by atoms with Crippen molar-refractivity contribution in [3.8, 4) is 11.5 Å². The monoisotopic (exact) mass is 398 g/mol. The lowest BCUT2D eigenvalue weighted by Gasteiger charge is -2.14. The zero-order chi connectivity index (χ0) is 20.7. The Morgan fingerprint density at radius 1 is 1.04 bits per heavy atom. The summed E-state index contributed by atoms with van der Waals surface area (Å²) in [4.78, 5) is 11.9. The van der Waals surface area contributed by atoms with E-state index in [1.165, 1.54) is 26.4 Å². The number of benzene rings is 2. The van der Waals surface area contributed by atoms with Crippen LogP contribution in [0.1, 0.15) is 22.8 Å². The Morgan fingerprint density at radius 3 is 2.25 bits per heavy atom. The van der Waals surface area contributed by atoms with E-state index in [0.29, 0.717) is 11.5 Å². The van der Waals surface area contributed by atoms with Gasteiger partial charge in [0.25, 0.3) is 0 Å². The smallest absolute Gasteiger partial charge is 0.416 e. The minimum atomic E-state index is -4.44. The van der Waals surface area contributed by atoms with Crippen LogP contribution in [0.15, 0.2) is 42.5 Å². The Morgan fingerprint density at radius 2 is 1.68 bits per heavy atom. The Bertz CT molecular complexity index is 795. The number of carbonyl (C=O) groups excluding carboxylic acids is 1. The fourth-order valence-electron chi connectivity index (χ4n) is 2.44. The molecule has 28 heavy (non-hydrogen) atoms. The maximum Gasteiger partial charge on any atom is 0.416 e. The lowest BCUT2D eigenvalue weighted by molar-refractivity contribution is -0.137. The number of nitrogens with one attached hydrogen (secondary N) is 2. The molecule has 0 fully saturated rings. The van der Waals surface area contributed by atoms with Gasteiger partial charge in [0.2, 0.25) is 0 Å². The molecule has 0 radical (unpaired) electrons. The number of rotatable bonds is 7. The van der Waals surface area contributed by atoms with Crippen molar-refractivity contribution in [2.75, 3.05) is 20.8 Å². The van der Waals surface area contributed by atoms with Gasteiger partial charge >= 0.3 is 12.2 Å². The van der Waals surface area contributed by atoms with Crippen LogP contribution >= 0.6 is 0 Å². The number of alkyl halides is 3. The van der Waals surface area contributed by atoms with E-state index in [0.717, 1.165) is 17.7 Å². The molecule has 2 amide bonds. The summed E-state index contributed by atoms with van der Waals surface area (Å²) < 4.78 is 48.0. The molecule has 3 N–H and O–H groups in total. The second-order valence-corrected chi connectivity index (χ2v) is 5.89. The third-order valence-corrected chi connectivity index (χ3v) is 3.98. The predicted molar refractivity (Wildman–Crippen MR) is 96.2 cm³/mol. The number of aliphatic hydroxyl groups is 1. The number of ether oxygens (including phenoxy) is 2.